The number of aromatic carboxylic acids is 1. The number of carbonyl (C=O) groups excluding carboxylic acids is 1. The third-order valence-corrected chi connectivity index (χ3v) is 5.51. The molecule has 0 aliphatic carbocycles. The van der Waals surface area contributed by atoms with Crippen molar-refractivity contribution in [2.24, 2.45) is 10.2 Å². The van der Waals surface area contributed by atoms with E-state index in [-0.39, 0.29) is 27.9 Å². The first-order valence-corrected chi connectivity index (χ1v) is 10.3. The molecule has 9 heteroatoms. The van der Waals surface area contributed by atoms with Gasteiger partial charge in [-0.3, -0.25) is 10.2 Å². The maximum atomic E-state index is 12.8. The van der Waals surface area contributed by atoms with E-state index >= 15 is 0 Å². The fraction of sp³-hybridized carbons (Fsp3) is 0.0833. The normalized spacial score (nSPS) is 14.5. The van der Waals surface area contributed by atoms with Crippen LogP contribution < -0.4 is 10.4 Å². The number of rotatable bonds is 5. The third-order valence-electron chi connectivity index (χ3n) is 5.26. The van der Waals surface area contributed by atoms with Gasteiger partial charge in [-0.1, -0.05) is 41.9 Å². The lowest BCUT2D eigenvalue weighted by Crippen LogP contribution is -2.27. The van der Waals surface area contributed by atoms with E-state index in [2.05, 4.69) is 15.6 Å². The van der Waals surface area contributed by atoms with Gasteiger partial charge in [0.1, 0.15) is 5.75 Å². The zero-order valence-electron chi connectivity index (χ0n) is 17.7. The van der Waals surface area contributed by atoms with Crippen LogP contribution in [0.1, 0.15) is 21.5 Å². The Kier molecular flexibility index (Phi) is 5.85. The van der Waals surface area contributed by atoms with Gasteiger partial charge in [-0.05, 0) is 60.9 Å². The average Bonchev–Trinajstić information content (AvgIpc) is 3.08. The number of benzene rings is 3. The SMILES string of the molecule is Cc1ccc(N2N=C(Cl)C(=NNc3cccc(-c4cccc(C(=O)O)c4)c3O)C2=O)cc1C. The molecule has 0 atom stereocenters. The summed E-state index contributed by atoms with van der Waals surface area (Å²) in [6.07, 6.45) is 0. The number of nitrogens with one attached hydrogen (secondary N) is 1. The van der Waals surface area contributed by atoms with Crippen molar-refractivity contribution in [3.8, 4) is 16.9 Å². The second-order valence-corrected chi connectivity index (χ2v) is 7.79. The Hall–Kier alpha value is -4.17. The molecule has 0 spiro atoms. The van der Waals surface area contributed by atoms with E-state index in [1.165, 1.54) is 17.1 Å². The predicted octanol–water partition coefficient (Wildman–Crippen LogP) is 4.74. The van der Waals surface area contributed by atoms with Crippen LogP contribution in [-0.4, -0.2) is 33.0 Å². The molecule has 3 aromatic rings. The molecule has 0 aromatic heterocycles. The number of phenolic OH excluding ortho intramolecular Hbond substituents is 1. The zero-order valence-corrected chi connectivity index (χ0v) is 18.5. The second kappa shape index (κ2) is 8.76. The molecule has 1 aliphatic heterocycles. The van der Waals surface area contributed by atoms with Gasteiger partial charge in [-0.15, -0.1) is 5.10 Å². The maximum Gasteiger partial charge on any atom is 0.335 e. The lowest BCUT2D eigenvalue weighted by Gasteiger charge is -2.13. The standard InChI is InChI=1S/C24H19ClN4O4/c1-13-9-10-17(11-14(13)2)29-23(31)20(22(25)28-29)27-26-19-8-4-7-18(21(19)30)15-5-3-6-16(12-15)24(32)33/h3-12,26,30H,1-2H3,(H,32,33). The van der Waals surface area contributed by atoms with Gasteiger partial charge in [-0.25, -0.2) is 4.79 Å². The number of phenols is 1. The highest BCUT2D eigenvalue weighted by Crippen LogP contribution is 2.36. The van der Waals surface area contributed by atoms with Crippen molar-refractivity contribution in [2.45, 2.75) is 13.8 Å². The number of hydrazone groups is 2. The fourth-order valence-corrected chi connectivity index (χ4v) is 3.50. The number of carboxylic acids is 1. The summed E-state index contributed by atoms with van der Waals surface area (Å²) in [4.78, 5) is 24.1. The Bertz CT molecular complexity index is 1350. The molecule has 0 saturated carbocycles. The van der Waals surface area contributed by atoms with Crippen LogP contribution >= 0.6 is 11.6 Å². The number of aryl methyl sites for hydroxylation is 2. The van der Waals surface area contributed by atoms with Crippen molar-refractivity contribution in [3.63, 3.8) is 0 Å². The van der Waals surface area contributed by atoms with Crippen LogP contribution in [0.3, 0.4) is 0 Å². The summed E-state index contributed by atoms with van der Waals surface area (Å²) in [7, 11) is 0. The summed E-state index contributed by atoms with van der Waals surface area (Å²) >= 11 is 6.17. The van der Waals surface area contributed by atoms with Gasteiger partial charge in [0.15, 0.2) is 10.9 Å². The van der Waals surface area contributed by atoms with E-state index in [4.69, 9.17) is 11.6 Å². The van der Waals surface area contributed by atoms with E-state index in [1.54, 1.807) is 36.4 Å². The number of para-hydroxylation sites is 1. The highest BCUT2D eigenvalue weighted by molar-refractivity contribution is 6.94. The van der Waals surface area contributed by atoms with Crippen LogP contribution in [0.2, 0.25) is 0 Å². The molecule has 0 fully saturated rings. The molecule has 1 amide bonds. The van der Waals surface area contributed by atoms with Crippen LogP contribution in [0.4, 0.5) is 11.4 Å². The highest BCUT2D eigenvalue weighted by Gasteiger charge is 2.32. The zero-order chi connectivity index (χ0) is 23.7. The fourth-order valence-electron chi connectivity index (χ4n) is 3.30. The number of halogens is 1. The summed E-state index contributed by atoms with van der Waals surface area (Å²) in [5.41, 5.74) is 6.43. The minimum atomic E-state index is -1.07. The summed E-state index contributed by atoms with van der Waals surface area (Å²) in [6, 6.07) is 16.6. The van der Waals surface area contributed by atoms with E-state index in [1.807, 2.05) is 26.0 Å². The largest absolute Gasteiger partial charge is 0.505 e. The van der Waals surface area contributed by atoms with Gasteiger partial charge in [0, 0.05) is 5.56 Å². The van der Waals surface area contributed by atoms with Gasteiger partial charge in [-0.2, -0.15) is 10.1 Å². The minimum Gasteiger partial charge on any atom is -0.505 e. The first-order valence-electron chi connectivity index (χ1n) is 9.92. The molecule has 1 heterocycles. The Morgan fingerprint density at radius 3 is 2.55 bits per heavy atom. The molecular weight excluding hydrogens is 444 g/mol. The van der Waals surface area contributed by atoms with Crippen LogP contribution in [0.5, 0.6) is 5.75 Å². The molecule has 0 radical (unpaired) electrons. The van der Waals surface area contributed by atoms with Crippen molar-refractivity contribution in [2.75, 3.05) is 10.4 Å². The van der Waals surface area contributed by atoms with Crippen LogP contribution in [0.25, 0.3) is 11.1 Å². The van der Waals surface area contributed by atoms with Crippen LogP contribution in [0.15, 0.2) is 70.9 Å². The molecule has 33 heavy (non-hydrogen) atoms. The van der Waals surface area contributed by atoms with Crippen molar-refractivity contribution >= 4 is 45.7 Å². The molecule has 0 saturated heterocycles. The van der Waals surface area contributed by atoms with E-state index in [0.29, 0.717) is 16.8 Å². The number of carboxylic acid groups (broad SMARTS) is 1. The lowest BCUT2D eigenvalue weighted by atomic mass is 10.0. The molecule has 0 unspecified atom stereocenters. The summed E-state index contributed by atoms with van der Waals surface area (Å²) in [6.45, 7) is 3.90. The Labute approximate surface area is 194 Å². The topological polar surface area (TPSA) is 115 Å². The summed E-state index contributed by atoms with van der Waals surface area (Å²) in [5, 5.41) is 29.2. The molecule has 166 valence electrons. The number of nitrogens with zero attached hydrogens (tertiary/aromatic N) is 3. The first kappa shape index (κ1) is 22.0. The molecule has 3 aromatic carbocycles. The maximum absolute atomic E-state index is 12.8. The van der Waals surface area contributed by atoms with E-state index in [0.717, 1.165) is 11.1 Å². The Balaban J connectivity index is 1.61. The van der Waals surface area contributed by atoms with Crippen LogP contribution in [-0.2, 0) is 4.79 Å². The number of aromatic hydroxyl groups is 1. The third kappa shape index (κ3) is 4.28. The van der Waals surface area contributed by atoms with Gasteiger partial charge >= 0.3 is 11.9 Å². The Morgan fingerprint density at radius 1 is 1.06 bits per heavy atom. The van der Waals surface area contributed by atoms with Crippen molar-refractivity contribution < 1.29 is 19.8 Å². The minimum absolute atomic E-state index is 0.0875. The number of hydrogen-bond donors (Lipinski definition) is 3. The second-order valence-electron chi connectivity index (χ2n) is 7.44. The quantitative estimate of drug-likeness (QED) is 0.374. The highest BCUT2D eigenvalue weighted by atomic mass is 35.5. The van der Waals surface area contributed by atoms with Crippen molar-refractivity contribution in [1.29, 1.82) is 0 Å². The smallest absolute Gasteiger partial charge is 0.335 e. The molecule has 4 rings (SSSR count). The van der Waals surface area contributed by atoms with Gasteiger partial charge < -0.3 is 10.2 Å². The average molecular weight is 463 g/mol. The summed E-state index contributed by atoms with van der Waals surface area (Å²) < 4.78 is 0. The van der Waals surface area contributed by atoms with Gasteiger partial charge in [0.2, 0.25) is 0 Å². The Morgan fingerprint density at radius 2 is 1.82 bits per heavy atom. The predicted molar refractivity (Wildman–Crippen MR) is 128 cm³/mol. The molecule has 3 N–H and O–H groups in total. The summed E-state index contributed by atoms with van der Waals surface area (Å²) in [5.74, 6) is -1.74. The first-order chi connectivity index (χ1) is 15.8. The van der Waals surface area contributed by atoms with E-state index < -0.39 is 11.9 Å². The van der Waals surface area contributed by atoms with Crippen LogP contribution in [0, 0.1) is 13.8 Å². The molecule has 0 bridgehead atoms. The monoisotopic (exact) mass is 462 g/mol. The van der Waals surface area contributed by atoms with Gasteiger partial charge in [0.05, 0.1) is 16.9 Å². The number of amides is 1. The molecule has 1 aliphatic rings. The number of carbonyl (C=O) groups is 2. The molecule has 8 nitrogen and oxygen atoms in total. The number of anilines is 2. The van der Waals surface area contributed by atoms with Crippen molar-refractivity contribution in [3.05, 3.63) is 77.4 Å². The van der Waals surface area contributed by atoms with Gasteiger partial charge in [0.25, 0.3) is 0 Å². The lowest BCUT2D eigenvalue weighted by molar-refractivity contribution is -0.112. The van der Waals surface area contributed by atoms with Crippen molar-refractivity contribution in [1.82, 2.24) is 0 Å². The number of hydrogen-bond acceptors (Lipinski definition) is 6. The van der Waals surface area contributed by atoms with E-state index in [9.17, 15) is 19.8 Å². The molecular formula is C24H19ClN4O4.